The van der Waals surface area contributed by atoms with E-state index < -0.39 is 0 Å². The highest BCUT2D eigenvalue weighted by Crippen LogP contribution is 2.47. The van der Waals surface area contributed by atoms with E-state index >= 15 is 0 Å². The number of likely N-dealkylation sites (tertiary alicyclic amines) is 1. The van der Waals surface area contributed by atoms with Crippen LogP contribution in [0.2, 0.25) is 0 Å². The van der Waals surface area contributed by atoms with Crippen molar-refractivity contribution in [1.82, 2.24) is 10.2 Å². The molecule has 0 radical (unpaired) electrons. The number of nitrogens with one attached hydrogen (secondary N) is 1. The van der Waals surface area contributed by atoms with E-state index in [1.165, 1.54) is 17.7 Å². The monoisotopic (exact) mass is 383 g/mol. The summed E-state index contributed by atoms with van der Waals surface area (Å²) in [4.78, 5) is 8.61. The molecule has 0 amide bonds. The Morgan fingerprint density at radius 1 is 1.41 bits per heavy atom. The van der Waals surface area contributed by atoms with E-state index in [9.17, 15) is 0 Å². The molecule has 1 N–H and O–H groups in total. The molecule has 4 rings (SSSR count). The van der Waals surface area contributed by atoms with Crippen LogP contribution in [-0.4, -0.2) is 42.7 Å². The zero-order valence-electron chi connectivity index (χ0n) is 12.8. The lowest BCUT2D eigenvalue weighted by atomic mass is 9.82. The summed E-state index contributed by atoms with van der Waals surface area (Å²) >= 11 is 5.27. The Kier molecular flexibility index (Phi) is 4.17. The smallest absolute Gasteiger partial charge is 0.194 e. The van der Waals surface area contributed by atoms with Crippen molar-refractivity contribution in [3.8, 4) is 0 Å². The third-order valence-corrected chi connectivity index (χ3v) is 6.78. The molecule has 3 aliphatic heterocycles. The molecule has 0 aromatic carbocycles. The molecule has 4 nitrogen and oxygen atoms in total. The van der Waals surface area contributed by atoms with Crippen molar-refractivity contribution in [3.63, 3.8) is 0 Å². The standard InChI is InChI=1S/C16H22BrN3OS/c1-2-18-16(19-6-11-5-10(17)9-22-11)20-7-12-13(8-20)15-4-3-14(12)21-15/h5,9,12-15H,2-4,6-8H2,1H3,(H,18,19). The lowest BCUT2D eigenvalue weighted by Gasteiger charge is -2.23. The Labute approximate surface area is 144 Å². The second-order valence-electron chi connectivity index (χ2n) is 6.42. The summed E-state index contributed by atoms with van der Waals surface area (Å²) < 4.78 is 7.22. The van der Waals surface area contributed by atoms with Crippen LogP contribution in [0.3, 0.4) is 0 Å². The summed E-state index contributed by atoms with van der Waals surface area (Å²) in [5, 5.41) is 5.59. The predicted octanol–water partition coefficient (Wildman–Crippen LogP) is 3.09. The van der Waals surface area contributed by atoms with Crippen LogP contribution in [0.5, 0.6) is 0 Å². The Morgan fingerprint density at radius 3 is 2.73 bits per heavy atom. The van der Waals surface area contributed by atoms with Gasteiger partial charge in [-0.1, -0.05) is 0 Å². The van der Waals surface area contributed by atoms with Crippen molar-refractivity contribution < 1.29 is 4.74 Å². The Morgan fingerprint density at radius 2 is 2.14 bits per heavy atom. The molecule has 0 saturated carbocycles. The number of fused-ring (bicyclic) bond motifs is 5. The van der Waals surface area contributed by atoms with E-state index in [0.29, 0.717) is 12.2 Å². The van der Waals surface area contributed by atoms with Crippen molar-refractivity contribution in [2.24, 2.45) is 16.8 Å². The van der Waals surface area contributed by atoms with Crippen molar-refractivity contribution in [1.29, 1.82) is 0 Å². The topological polar surface area (TPSA) is 36.9 Å². The number of halogens is 1. The number of guanidine groups is 1. The summed E-state index contributed by atoms with van der Waals surface area (Å²) in [6.07, 6.45) is 3.54. The third-order valence-electron chi connectivity index (χ3n) is 5.09. The highest BCUT2D eigenvalue weighted by atomic mass is 79.9. The van der Waals surface area contributed by atoms with Gasteiger partial charge in [0.15, 0.2) is 5.96 Å². The van der Waals surface area contributed by atoms with Gasteiger partial charge in [0.05, 0.1) is 18.8 Å². The average molecular weight is 384 g/mol. The number of aliphatic imine (C=N–C) groups is 1. The quantitative estimate of drug-likeness (QED) is 0.643. The van der Waals surface area contributed by atoms with Crippen LogP contribution in [0, 0.1) is 11.8 Å². The summed E-state index contributed by atoms with van der Waals surface area (Å²) in [5.74, 6) is 2.51. The molecule has 3 aliphatic rings. The van der Waals surface area contributed by atoms with Crippen molar-refractivity contribution in [2.45, 2.75) is 38.5 Å². The van der Waals surface area contributed by atoms with Gasteiger partial charge in [0, 0.05) is 46.2 Å². The van der Waals surface area contributed by atoms with Gasteiger partial charge in [0.1, 0.15) is 0 Å². The fourth-order valence-electron chi connectivity index (χ4n) is 4.15. The summed E-state index contributed by atoms with van der Waals surface area (Å²) in [5.41, 5.74) is 0. The zero-order valence-corrected chi connectivity index (χ0v) is 15.2. The molecule has 1 aromatic heterocycles. The molecule has 6 heteroatoms. The predicted molar refractivity (Wildman–Crippen MR) is 93.3 cm³/mol. The normalized spacial score (nSPS) is 33.5. The highest BCUT2D eigenvalue weighted by molar-refractivity contribution is 9.10. The first kappa shape index (κ1) is 15.0. The molecule has 1 aromatic rings. The van der Waals surface area contributed by atoms with Crippen LogP contribution in [0.15, 0.2) is 20.9 Å². The van der Waals surface area contributed by atoms with E-state index in [-0.39, 0.29) is 0 Å². The Hall–Kier alpha value is -0.590. The minimum absolute atomic E-state index is 0.510. The van der Waals surface area contributed by atoms with Gasteiger partial charge in [-0.25, -0.2) is 4.99 Å². The molecule has 2 bridgehead atoms. The Balaban J connectivity index is 1.46. The molecule has 120 valence electrons. The van der Waals surface area contributed by atoms with Crippen LogP contribution < -0.4 is 5.32 Å². The van der Waals surface area contributed by atoms with E-state index in [2.05, 4.69) is 44.5 Å². The largest absolute Gasteiger partial charge is 0.374 e. The fraction of sp³-hybridized carbons (Fsp3) is 0.688. The number of thiophene rings is 1. The first-order valence-electron chi connectivity index (χ1n) is 8.16. The highest BCUT2D eigenvalue weighted by Gasteiger charge is 2.53. The van der Waals surface area contributed by atoms with E-state index in [0.717, 1.165) is 48.4 Å². The maximum Gasteiger partial charge on any atom is 0.194 e. The molecule has 3 saturated heterocycles. The van der Waals surface area contributed by atoms with Gasteiger partial charge in [0.25, 0.3) is 0 Å². The molecule has 4 heterocycles. The number of hydrogen-bond donors (Lipinski definition) is 1. The van der Waals surface area contributed by atoms with Crippen molar-refractivity contribution >= 4 is 33.2 Å². The van der Waals surface area contributed by atoms with Crippen LogP contribution in [0.1, 0.15) is 24.6 Å². The van der Waals surface area contributed by atoms with Gasteiger partial charge in [0.2, 0.25) is 0 Å². The average Bonchev–Trinajstić information content (AvgIpc) is 3.24. The van der Waals surface area contributed by atoms with Crippen LogP contribution in [0.4, 0.5) is 0 Å². The first-order valence-corrected chi connectivity index (χ1v) is 9.83. The fourth-order valence-corrected chi connectivity index (χ4v) is 5.52. The maximum atomic E-state index is 6.07. The van der Waals surface area contributed by atoms with Crippen molar-refractivity contribution in [2.75, 3.05) is 19.6 Å². The van der Waals surface area contributed by atoms with Gasteiger partial charge in [-0.05, 0) is 41.8 Å². The number of hydrogen-bond acceptors (Lipinski definition) is 3. The van der Waals surface area contributed by atoms with Gasteiger partial charge in [-0.15, -0.1) is 11.3 Å². The van der Waals surface area contributed by atoms with Crippen LogP contribution in [0.25, 0.3) is 0 Å². The minimum Gasteiger partial charge on any atom is -0.374 e. The number of rotatable bonds is 3. The van der Waals surface area contributed by atoms with Gasteiger partial charge in [-0.3, -0.25) is 0 Å². The Bertz CT molecular complexity index is 557. The summed E-state index contributed by atoms with van der Waals surface area (Å²) in [6.45, 7) is 6.02. The molecular weight excluding hydrogens is 362 g/mol. The van der Waals surface area contributed by atoms with E-state index in [4.69, 9.17) is 9.73 Å². The van der Waals surface area contributed by atoms with E-state index in [1.807, 2.05) is 0 Å². The molecular formula is C16H22BrN3OS. The number of ether oxygens (including phenoxy) is 1. The third kappa shape index (κ3) is 2.69. The molecule has 4 unspecified atom stereocenters. The number of nitrogens with zero attached hydrogens (tertiary/aromatic N) is 2. The van der Waals surface area contributed by atoms with Crippen LogP contribution >= 0.6 is 27.3 Å². The van der Waals surface area contributed by atoms with E-state index in [1.54, 1.807) is 11.3 Å². The summed E-state index contributed by atoms with van der Waals surface area (Å²) in [6, 6.07) is 2.16. The zero-order chi connectivity index (χ0) is 15.1. The minimum atomic E-state index is 0.510. The maximum absolute atomic E-state index is 6.07. The second-order valence-corrected chi connectivity index (χ2v) is 8.34. The summed E-state index contributed by atoms with van der Waals surface area (Å²) in [7, 11) is 0. The molecule has 22 heavy (non-hydrogen) atoms. The molecule has 3 fully saturated rings. The lowest BCUT2D eigenvalue weighted by molar-refractivity contribution is 0.0767. The van der Waals surface area contributed by atoms with Gasteiger partial charge >= 0.3 is 0 Å². The first-order chi connectivity index (χ1) is 10.7. The van der Waals surface area contributed by atoms with Crippen molar-refractivity contribution in [3.05, 3.63) is 20.8 Å². The molecule has 0 spiro atoms. The molecule has 4 atom stereocenters. The van der Waals surface area contributed by atoms with Crippen LogP contribution in [-0.2, 0) is 11.3 Å². The van der Waals surface area contributed by atoms with Gasteiger partial charge < -0.3 is 15.0 Å². The molecule has 0 aliphatic carbocycles. The second kappa shape index (κ2) is 6.13. The lowest BCUT2D eigenvalue weighted by Crippen LogP contribution is -2.41. The van der Waals surface area contributed by atoms with Gasteiger partial charge in [-0.2, -0.15) is 0 Å². The SMILES string of the molecule is CCNC(=NCc1cc(Br)cs1)N1CC2C3CCC(O3)C2C1.